The smallest absolute Gasteiger partial charge is 0.276 e. The first-order chi connectivity index (χ1) is 12.1. The zero-order valence-corrected chi connectivity index (χ0v) is 14.4. The molecular weight excluding hydrogens is 336 g/mol. The van der Waals surface area contributed by atoms with E-state index in [0.717, 1.165) is 5.56 Å². The number of anilines is 2. The van der Waals surface area contributed by atoms with Crippen molar-refractivity contribution < 1.29 is 4.79 Å². The molecule has 3 aromatic rings. The Balaban J connectivity index is 1.64. The summed E-state index contributed by atoms with van der Waals surface area (Å²) in [5.41, 5.74) is 1.99. The van der Waals surface area contributed by atoms with Crippen LogP contribution in [0.15, 0.2) is 66.7 Å². The van der Waals surface area contributed by atoms with Gasteiger partial charge in [-0.25, -0.2) is 0 Å². The Labute approximate surface area is 151 Å². The Bertz CT molecular complexity index is 853. The van der Waals surface area contributed by atoms with Crippen molar-refractivity contribution in [2.45, 2.75) is 13.0 Å². The molecule has 25 heavy (non-hydrogen) atoms. The van der Waals surface area contributed by atoms with Crippen LogP contribution in [0.4, 0.5) is 11.5 Å². The fourth-order valence-corrected chi connectivity index (χ4v) is 2.53. The summed E-state index contributed by atoms with van der Waals surface area (Å²) < 4.78 is 0. The van der Waals surface area contributed by atoms with Gasteiger partial charge in [-0.3, -0.25) is 4.79 Å². The van der Waals surface area contributed by atoms with Crippen LogP contribution in [0.3, 0.4) is 0 Å². The van der Waals surface area contributed by atoms with Gasteiger partial charge in [0.1, 0.15) is 5.82 Å². The third kappa shape index (κ3) is 4.55. The van der Waals surface area contributed by atoms with Crippen molar-refractivity contribution in [1.29, 1.82) is 0 Å². The van der Waals surface area contributed by atoms with Gasteiger partial charge in [-0.05, 0) is 42.8 Å². The van der Waals surface area contributed by atoms with E-state index in [0.29, 0.717) is 16.5 Å². The molecule has 0 bridgehead atoms. The van der Waals surface area contributed by atoms with Crippen molar-refractivity contribution in [3.63, 3.8) is 0 Å². The molecule has 0 saturated carbocycles. The van der Waals surface area contributed by atoms with Gasteiger partial charge in [-0.2, -0.15) is 0 Å². The SMILES string of the molecule is CC(Nc1ccc(C(=O)Nc2cccc(Cl)c2)nn1)c1ccccc1. The van der Waals surface area contributed by atoms with E-state index < -0.39 is 0 Å². The molecule has 6 heteroatoms. The average molecular weight is 353 g/mol. The van der Waals surface area contributed by atoms with E-state index in [-0.39, 0.29) is 17.6 Å². The summed E-state index contributed by atoms with van der Waals surface area (Å²) in [6.45, 7) is 2.04. The molecule has 1 atom stereocenters. The molecule has 0 aliphatic carbocycles. The number of hydrogen-bond acceptors (Lipinski definition) is 4. The van der Waals surface area contributed by atoms with E-state index in [1.54, 1.807) is 36.4 Å². The lowest BCUT2D eigenvalue weighted by atomic mass is 10.1. The Kier molecular flexibility index (Phi) is 5.26. The molecule has 0 spiro atoms. The molecule has 0 radical (unpaired) electrons. The van der Waals surface area contributed by atoms with Gasteiger partial charge < -0.3 is 10.6 Å². The molecule has 0 fully saturated rings. The fourth-order valence-electron chi connectivity index (χ4n) is 2.34. The number of amides is 1. The van der Waals surface area contributed by atoms with Crippen LogP contribution in [0, 0.1) is 0 Å². The normalized spacial score (nSPS) is 11.6. The Hall–Kier alpha value is -2.92. The second kappa shape index (κ2) is 7.77. The molecule has 0 saturated heterocycles. The van der Waals surface area contributed by atoms with Crippen LogP contribution in [-0.4, -0.2) is 16.1 Å². The number of hydrogen-bond donors (Lipinski definition) is 2. The summed E-state index contributed by atoms with van der Waals surface area (Å²) in [5.74, 6) is 0.271. The summed E-state index contributed by atoms with van der Waals surface area (Å²) in [6.07, 6.45) is 0. The number of carbonyl (C=O) groups excluding carboxylic acids is 1. The molecule has 2 N–H and O–H groups in total. The third-order valence-corrected chi connectivity index (χ3v) is 3.88. The van der Waals surface area contributed by atoms with E-state index in [1.807, 2.05) is 37.3 Å². The quantitative estimate of drug-likeness (QED) is 0.706. The molecule has 2 aromatic carbocycles. The molecule has 126 valence electrons. The fraction of sp³-hybridized carbons (Fsp3) is 0.105. The second-order valence-corrected chi connectivity index (χ2v) is 5.98. The van der Waals surface area contributed by atoms with Crippen molar-refractivity contribution >= 4 is 29.0 Å². The van der Waals surface area contributed by atoms with Gasteiger partial charge in [0.2, 0.25) is 0 Å². The maximum absolute atomic E-state index is 12.2. The van der Waals surface area contributed by atoms with Crippen molar-refractivity contribution in [3.8, 4) is 0 Å². The first-order valence-corrected chi connectivity index (χ1v) is 8.22. The van der Waals surface area contributed by atoms with Crippen molar-refractivity contribution in [2.24, 2.45) is 0 Å². The molecule has 1 unspecified atom stereocenters. The van der Waals surface area contributed by atoms with E-state index in [1.165, 1.54) is 0 Å². The van der Waals surface area contributed by atoms with Gasteiger partial charge in [0.25, 0.3) is 5.91 Å². The lowest BCUT2D eigenvalue weighted by Crippen LogP contribution is -2.15. The van der Waals surface area contributed by atoms with Crippen LogP contribution >= 0.6 is 11.6 Å². The average Bonchev–Trinajstić information content (AvgIpc) is 2.63. The first kappa shape index (κ1) is 16.9. The standard InChI is InChI=1S/C19H17ClN4O/c1-13(14-6-3-2-4-7-14)21-18-11-10-17(23-24-18)19(25)22-16-9-5-8-15(20)12-16/h2-13H,1H3,(H,21,24)(H,22,25). The Morgan fingerprint density at radius 3 is 2.48 bits per heavy atom. The van der Waals surface area contributed by atoms with E-state index >= 15 is 0 Å². The number of carbonyl (C=O) groups is 1. The number of nitrogens with zero attached hydrogens (tertiary/aromatic N) is 2. The molecule has 0 aliphatic heterocycles. The van der Waals surface area contributed by atoms with E-state index in [4.69, 9.17) is 11.6 Å². The molecular formula is C19H17ClN4O. The predicted molar refractivity (Wildman–Crippen MR) is 99.9 cm³/mol. The molecule has 1 aromatic heterocycles. The lowest BCUT2D eigenvalue weighted by molar-refractivity contribution is 0.102. The lowest BCUT2D eigenvalue weighted by Gasteiger charge is -2.14. The predicted octanol–water partition coefficient (Wildman–Crippen LogP) is 4.56. The molecule has 1 amide bonds. The number of benzene rings is 2. The van der Waals surface area contributed by atoms with Gasteiger partial charge in [0.05, 0.1) is 0 Å². The van der Waals surface area contributed by atoms with Crippen LogP contribution in [0.1, 0.15) is 29.0 Å². The summed E-state index contributed by atoms with van der Waals surface area (Å²) in [4.78, 5) is 12.2. The number of rotatable bonds is 5. The Morgan fingerprint density at radius 2 is 1.80 bits per heavy atom. The number of nitrogens with one attached hydrogen (secondary N) is 2. The number of halogens is 1. The van der Waals surface area contributed by atoms with Gasteiger partial charge in [-0.15, -0.1) is 10.2 Å². The van der Waals surface area contributed by atoms with E-state index in [2.05, 4.69) is 20.8 Å². The topological polar surface area (TPSA) is 66.9 Å². The van der Waals surface area contributed by atoms with Crippen LogP contribution in [0.5, 0.6) is 0 Å². The summed E-state index contributed by atoms with van der Waals surface area (Å²) in [5, 5.41) is 14.6. The highest BCUT2D eigenvalue weighted by molar-refractivity contribution is 6.30. The zero-order valence-electron chi connectivity index (χ0n) is 13.6. The van der Waals surface area contributed by atoms with Gasteiger partial charge in [-0.1, -0.05) is 48.0 Å². The van der Waals surface area contributed by atoms with Crippen molar-refractivity contribution in [1.82, 2.24) is 10.2 Å². The largest absolute Gasteiger partial charge is 0.362 e. The highest BCUT2D eigenvalue weighted by atomic mass is 35.5. The highest BCUT2D eigenvalue weighted by Gasteiger charge is 2.10. The minimum atomic E-state index is -0.336. The minimum Gasteiger partial charge on any atom is -0.362 e. The maximum atomic E-state index is 12.2. The van der Waals surface area contributed by atoms with Crippen LogP contribution in [0.25, 0.3) is 0 Å². The summed E-state index contributed by atoms with van der Waals surface area (Å²) >= 11 is 5.91. The van der Waals surface area contributed by atoms with Crippen molar-refractivity contribution in [3.05, 3.63) is 83.0 Å². The minimum absolute atomic E-state index is 0.0848. The van der Waals surface area contributed by atoms with Crippen LogP contribution < -0.4 is 10.6 Å². The van der Waals surface area contributed by atoms with Gasteiger partial charge in [0.15, 0.2) is 5.69 Å². The highest BCUT2D eigenvalue weighted by Crippen LogP contribution is 2.18. The molecule has 0 aliphatic rings. The zero-order chi connectivity index (χ0) is 17.6. The molecule has 3 rings (SSSR count). The molecule has 5 nitrogen and oxygen atoms in total. The third-order valence-electron chi connectivity index (χ3n) is 3.64. The van der Waals surface area contributed by atoms with Crippen LogP contribution in [0.2, 0.25) is 5.02 Å². The number of aromatic nitrogens is 2. The molecule has 1 heterocycles. The van der Waals surface area contributed by atoms with Crippen LogP contribution in [-0.2, 0) is 0 Å². The Morgan fingerprint density at radius 1 is 1.00 bits per heavy atom. The van der Waals surface area contributed by atoms with Gasteiger partial charge >= 0.3 is 0 Å². The second-order valence-electron chi connectivity index (χ2n) is 5.54. The maximum Gasteiger partial charge on any atom is 0.276 e. The monoisotopic (exact) mass is 352 g/mol. The van der Waals surface area contributed by atoms with E-state index in [9.17, 15) is 4.79 Å². The van der Waals surface area contributed by atoms with Crippen molar-refractivity contribution in [2.75, 3.05) is 10.6 Å². The summed E-state index contributed by atoms with van der Waals surface area (Å²) in [6, 6.07) is 20.4. The first-order valence-electron chi connectivity index (χ1n) is 7.84. The summed E-state index contributed by atoms with van der Waals surface area (Å²) in [7, 11) is 0. The van der Waals surface area contributed by atoms with Gasteiger partial charge in [0, 0.05) is 16.8 Å².